The number of aryl methyl sites for hydroxylation is 1. The standard InChI is InChI=1S/C20H23N3O2/c1-3-25-18-8-7-15(13-17(18)23-9-11-24-12-10-23)20-21-16-6-4-5-14(2)19(16)22-20/h4-8,13H,3,9-12H2,1-2H3,(H,21,22). The van der Waals surface area contributed by atoms with Crippen molar-refractivity contribution in [3.8, 4) is 17.1 Å². The van der Waals surface area contributed by atoms with Crippen LogP contribution in [-0.2, 0) is 4.74 Å². The summed E-state index contributed by atoms with van der Waals surface area (Å²) in [6, 6.07) is 12.5. The number of hydrogen-bond acceptors (Lipinski definition) is 4. The molecule has 0 unspecified atom stereocenters. The molecule has 1 N–H and O–H groups in total. The number of hydrogen-bond donors (Lipinski definition) is 1. The molecule has 1 fully saturated rings. The van der Waals surface area contributed by atoms with Crippen molar-refractivity contribution in [2.45, 2.75) is 13.8 Å². The Bertz CT molecular complexity index is 882. The molecule has 3 aromatic rings. The molecule has 4 rings (SSSR count). The second kappa shape index (κ2) is 6.76. The van der Waals surface area contributed by atoms with Gasteiger partial charge in [0.05, 0.1) is 36.5 Å². The molecular formula is C20H23N3O2. The van der Waals surface area contributed by atoms with Crippen LogP contribution in [0.5, 0.6) is 5.75 Å². The predicted octanol–water partition coefficient (Wildman–Crippen LogP) is 3.77. The van der Waals surface area contributed by atoms with Gasteiger partial charge in [0.15, 0.2) is 0 Å². The number of aromatic amines is 1. The zero-order valence-corrected chi connectivity index (χ0v) is 14.7. The Morgan fingerprint density at radius 3 is 2.80 bits per heavy atom. The van der Waals surface area contributed by atoms with E-state index in [1.165, 1.54) is 5.56 Å². The summed E-state index contributed by atoms with van der Waals surface area (Å²) < 4.78 is 11.3. The van der Waals surface area contributed by atoms with Crippen molar-refractivity contribution in [1.29, 1.82) is 0 Å². The third-order valence-electron chi connectivity index (χ3n) is 4.60. The number of nitrogens with one attached hydrogen (secondary N) is 1. The van der Waals surface area contributed by atoms with Crippen molar-refractivity contribution in [2.24, 2.45) is 0 Å². The highest BCUT2D eigenvalue weighted by molar-refractivity contribution is 5.83. The van der Waals surface area contributed by atoms with Crippen LogP contribution in [0.25, 0.3) is 22.4 Å². The lowest BCUT2D eigenvalue weighted by atomic mass is 10.1. The van der Waals surface area contributed by atoms with E-state index >= 15 is 0 Å². The van der Waals surface area contributed by atoms with E-state index < -0.39 is 0 Å². The summed E-state index contributed by atoms with van der Waals surface area (Å²) in [5.74, 6) is 1.81. The number of para-hydroxylation sites is 1. The molecule has 5 heteroatoms. The van der Waals surface area contributed by atoms with Crippen LogP contribution in [-0.4, -0.2) is 42.9 Å². The van der Waals surface area contributed by atoms with Gasteiger partial charge in [0.25, 0.3) is 0 Å². The lowest BCUT2D eigenvalue weighted by molar-refractivity contribution is 0.122. The maximum atomic E-state index is 5.85. The van der Waals surface area contributed by atoms with Crippen LogP contribution in [0.2, 0.25) is 0 Å². The van der Waals surface area contributed by atoms with Crippen LogP contribution < -0.4 is 9.64 Å². The average Bonchev–Trinajstić information content (AvgIpc) is 3.09. The third kappa shape index (κ3) is 3.07. The predicted molar refractivity (Wildman–Crippen MR) is 100 cm³/mol. The molecular weight excluding hydrogens is 314 g/mol. The van der Waals surface area contributed by atoms with E-state index in [9.17, 15) is 0 Å². The zero-order chi connectivity index (χ0) is 17.2. The molecule has 130 valence electrons. The van der Waals surface area contributed by atoms with Gasteiger partial charge in [-0.05, 0) is 43.7 Å². The molecule has 0 bridgehead atoms. The summed E-state index contributed by atoms with van der Waals surface area (Å²) in [5.41, 5.74) is 5.45. The van der Waals surface area contributed by atoms with Crippen LogP contribution in [0.1, 0.15) is 12.5 Å². The molecule has 1 saturated heterocycles. The Morgan fingerprint density at radius 1 is 1.20 bits per heavy atom. The number of H-pyrrole nitrogens is 1. The van der Waals surface area contributed by atoms with E-state index in [1.807, 2.05) is 13.0 Å². The first-order valence-electron chi connectivity index (χ1n) is 8.81. The molecule has 1 aliphatic rings. The van der Waals surface area contributed by atoms with Crippen molar-refractivity contribution in [2.75, 3.05) is 37.8 Å². The van der Waals surface area contributed by atoms with Gasteiger partial charge in [-0.1, -0.05) is 12.1 Å². The van der Waals surface area contributed by atoms with Gasteiger partial charge in [-0.2, -0.15) is 0 Å². The molecule has 0 amide bonds. The monoisotopic (exact) mass is 337 g/mol. The van der Waals surface area contributed by atoms with E-state index in [0.717, 1.165) is 60.2 Å². The first-order valence-corrected chi connectivity index (χ1v) is 8.81. The zero-order valence-electron chi connectivity index (χ0n) is 14.7. The first kappa shape index (κ1) is 16.0. The highest BCUT2D eigenvalue weighted by atomic mass is 16.5. The molecule has 1 aliphatic heterocycles. The second-order valence-corrected chi connectivity index (χ2v) is 6.27. The number of fused-ring (bicyclic) bond motifs is 1. The summed E-state index contributed by atoms with van der Waals surface area (Å²) in [4.78, 5) is 10.6. The molecule has 0 atom stereocenters. The van der Waals surface area contributed by atoms with Gasteiger partial charge < -0.3 is 19.4 Å². The number of nitrogens with zero attached hydrogens (tertiary/aromatic N) is 2. The number of benzene rings is 2. The number of anilines is 1. The smallest absolute Gasteiger partial charge is 0.142 e. The fourth-order valence-electron chi connectivity index (χ4n) is 3.31. The average molecular weight is 337 g/mol. The molecule has 1 aromatic heterocycles. The molecule has 0 aliphatic carbocycles. The third-order valence-corrected chi connectivity index (χ3v) is 4.60. The van der Waals surface area contributed by atoms with E-state index in [1.54, 1.807) is 0 Å². The minimum atomic E-state index is 0.653. The molecule has 25 heavy (non-hydrogen) atoms. The van der Waals surface area contributed by atoms with Gasteiger partial charge in [0.2, 0.25) is 0 Å². The van der Waals surface area contributed by atoms with Gasteiger partial charge in [-0.15, -0.1) is 0 Å². The summed E-state index contributed by atoms with van der Waals surface area (Å²) in [7, 11) is 0. The molecule has 2 aromatic carbocycles. The highest BCUT2D eigenvalue weighted by Gasteiger charge is 2.18. The topological polar surface area (TPSA) is 50.4 Å². The van der Waals surface area contributed by atoms with Crippen LogP contribution in [0, 0.1) is 6.92 Å². The highest BCUT2D eigenvalue weighted by Crippen LogP contribution is 2.34. The van der Waals surface area contributed by atoms with Gasteiger partial charge in [0.1, 0.15) is 11.6 Å². The van der Waals surface area contributed by atoms with Crippen molar-refractivity contribution >= 4 is 16.7 Å². The summed E-state index contributed by atoms with van der Waals surface area (Å²) in [6.07, 6.45) is 0. The normalized spacial score (nSPS) is 14.9. The Hall–Kier alpha value is -2.53. The van der Waals surface area contributed by atoms with Crippen molar-refractivity contribution in [3.63, 3.8) is 0 Å². The molecule has 0 saturated carbocycles. The summed E-state index contributed by atoms with van der Waals surface area (Å²) in [5, 5.41) is 0. The number of aromatic nitrogens is 2. The number of ether oxygens (including phenoxy) is 2. The Morgan fingerprint density at radius 2 is 2.04 bits per heavy atom. The summed E-state index contributed by atoms with van der Waals surface area (Å²) in [6.45, 7) is 8.01. The fraction of sp³-hybridized carbons (Fsp3) is 0.350. The Kier molecular flexibility index (Phi) is 4.32. The van der Waals surface area contributed by atoms with Crippen molar-refractivity contribution < 1.29 is 9.47 Å². The summed E-state index contributed by atoms with van der Waals surface area (Å²) >= 11 is 0. The van der Waals surface area contributed by atoms with Crippen LogP contribution >= 0.6 is 0 Å². The lowest BCUT2D eigenvalue weighted by Gasteiger charge is -2.30. The van der Waals surface area contributed by atoms with Gasteiger partial charge in [0, 0.05) is 18.7 Å². The minimum Gasteiger partial charge on any atom is -0.492 e. The van der Waals surface area contributed by atoms with Crippen LogP contribution in [0.4, 0.5) is 5.69 Å². The maximum absolute atomic E-state index is 5.85. The minimum absolute atomic E-state index is 0.653. The maximum Gasteiger partial charge on any atom is 0.142 e. The Balaban J connectivity index is 1.77. The number of morpholine rings is 1. The number of imidazole rings is 1. The lowest BCUT2D eigenvalue weighted by Crippen LogP contribution is -2.36. The van der Waals surface area contributed by atoms with Crippen molar-refractivity contribution in [1.82, 2.24) is 9.97 Å². The van der Waals surface area contributed by atoms with Gasteiger partial charge >= 0.3 is 0 Å². The molecule has 5 nitrogen and oxygen atoms in total. The van der Waals surface area contributed by atoms with E-state index in [0.29, 0.717) is 6.61 Å². The largest absolute Gasteiger partial charge is 0.492 e. The quantitative estimate of drug-likeness (QED) is 0.787. The van der Waals surface area contributed by atoms with Crippen molar-refractivity contribution in [3.05, 3.63) is 42.0 Å². The van der Waals surface area contributed by atoms with Gasteiger partial charge in [-0.3, -0.25) is 0 Å². The fourth-order valence-corrected chi connectivity index (χ4v) is 3.31. The second-order valence-electron chi connectivity index (χ2n) is 6.27. The number of rotatable bonds is 4. The van der Waals surface area contributed by atoms with E-state index in [4.69, 9.17) is 14.5 Å². The first-order chi connectivity index (χ1) is 12.3. The SMILES string of the molecule is CCOc1ccc(-c2nc3c(C)cccc3[nH]2)cc1N1CCOCC1. The van der Waals surface area contributed by atoms with E-state index in [-0.39, 0.29) is 0 Å². The van der Waals surface area contributed by atoms with Crippen LogP contribution in [0.3, 0.4) is 0 Å². The van der Waals surface area contributed by atoms with E-state index in [2.05, 4.69) is 47.1 Å². The van der Waals surface area contributed by atoms with Crippen LogP contribution in [0.15, 0.2) is 36.4 Å². The molecule has 0 spiro atoms. The molecule has 2 heterocycles. The molecule has 0 radical (unpaired) electrons. The van der Waals surface area contributed by atoms with Gasteiger partial charge in [-0.25, -0.2) is 4.98 Å². The Labute approximate surface area is 147 Å².